The molecule has 2 aromatic rings. The van der Waals surface area contributed by atoms with E-state index in [1.54, 1.807) is 17.2 Å². The third kappa shape index (κ3) is 3.51. The lowest BCUT2D eigenvalue weighted by molar-refractivity contribution is 0.239. The zero-order valence-corrected chi connectivity index (χ0v) is 13.1. The van der Waals surface area contributed by atoms with Gasteiger partial charge in [0, 0.05) is 53.0 Å². The summed E-state index contributed by atoms with van der Waals surface area (Å²) >= 11 is 0. The van der Waals surface area contributed by atoms with Crippen LogP contribution in [0.2, 0.25) is 0 Å². The minimum atomic E-state index is 0.754. The van der Waals surface area contributed by atoms with Crippen molar-refractivity contribution in [2.75, 3.05) is 56.6 Å². The maximum atomic E-state index is 4.61. The van der Waals surface area contributed by atoms with Crippen LogP contribution in [-0.2, 0) is 6.54 Å². The molecule has 0 aliphatic carbocycles. The molecule has 0 unspecified atom stereocenters. The molecule has 8 heteroatoms. The van der Waals surface area contributed by atoms with Gasteiger partial charge in [-0.1, -0.05) is 0 Å². The third-order valence-corrected chi connectivity index (χ3v) is 3.81. The molecule has 0 aromatic carbocycles. The predicted octanol–water partition coefficient (Wildman–Crippen LogP) is -0.0437. The lowest BCUT2D eigenvalue weighted by Crippen LogP contribution is -2.47. The van der Waals surface area contributed by atoms with Gasteiger partial charge in [0.1, 0.15) is 5.82 Å². The van der Waals surface area contributed by atoms with E-state index in [9.17, 15) is 0 Å². The number of anilines is 2. The summed E-state index contributed by atoms with van der Waals surface area (Å²) in [6.07, 6.45) is 5.26. The summed E-state index contributed by atoms with van der Waals surface area (Å²) < 4.78 is 0. The molecule has 22 heavy (non-hydrogen) atoms. The first kappa shape index (κ1) is 14.7. The van der Waals surface area contributed by atoms with E-state index in [1.165, 1.54) is 0 Å². The second-order valence-electron chi connectivity index (χ2n) is 5.56. The topological polar surface area (TPSA) is 66.2 Å². The van der Waals surface area contributed by atoms with Crippen molar-refractivity contribution in [3.63, 3.8) is 0 Å². The van der Waals surface area contributed by atoms with Crippen LogP contribution in [0.4, 0.5) is 11.8 Å². The molecule has 8 nitrogen and oxygen atoms in total. The van der Waals surface area contributed by atoms with E-state index in [2.05, 4.69) is 30.0 Å². The normalized spacial score (nSPS) is 16.0. The molecule has 118 valence electrons. The van der Waals surface area contributed by atoms with Gasteiger partial charge >= 0.3 is 0 Å². The minimum absolute atomic E-state index is 0.754. The summed E-state index contributed by atoms with van der Waals surface area (Å²) in [5, 5.41) is 8.27. The molecule has 0 bridgehead atoms. The van der Waals surface area contributed by atoms with Crippen LogP contribution in [-0.4, -0.2) is 76.7 Å². The predicted molar refractivity (Wildman–Crippen MR) is 85.0 cm³/mol. The van der Waals surface area contributed by atoms with Gasteiger partial charge in [-0.3, -0.25) is 4.90 Å². The van der Waals surface area contributed by atoms with Crippen molar-refractivity contribution in [1.29, 1.82) is 0 Å². The number of rotatable bonds is 5. The smallest absolute Gasteiger partial charge is 0.226 e. The van der Waals surface area contributed by atoms with Gasteiger partial charge < -0.3 is 9.80 Å². The van der Waals surface area contributed by atoms with Gasteiger partial charge in [0.15, 0.2) is 0 Å². The maximum Gasteiger partial charge on any atom is 0.226 e. The van der Waals surface area contributed by atoms with Crippen molar-refractivity contribution in [3.8, 4) is 0 Å². The van der Waals surface area contributed by atoms with Crippen LogP contribution in [0.3, 0.4) is 0 Å². The Morgan fingerprint density at radius 3 is 2.41 bits per heavy atom. The zero-order valence-electron chi connectivity index (χ0n) is 13.1. The van der Waals surface area contributed by atoms with Gasteiger partial charge in [-0.05, 0) is 6.07 Å². The lowest BCUT2D eigenvalue weighted by Gasteiger charge is -2.35. The second kappa shape index (κ2) is 6.69. The maximum absolute atomic E-state index is 4.61. The molecule has 0 N–H and O–H groups in total. The van der Waals surface area contributed by atoms with Crippen LogP contribution < -0.4 is 9.80 Å². The standard InChI is InChI=1S/C14H22N8/c1-19(2)14-15-4-3-13(18-14)21-10-7-20(8-11-21)9-12-22-16-5-6-17-22/h3-6H,7-12H2,1-2H3. The molecule has 2 aromatic heterocycles. The molecule has 1 aliphatic rings. The van der Waals surface area contributed by atoms with Gasteiger partial charge in [-0.2, -0.15) is 20.0 Å². The molecule has 0 atom stereocenters. The van der Waals surface area contributed by atoms with Crippen molar-refractivity contribution >= 4 is 11.8 Å². The highest BCUT2D eigenvalue weighted by molar-refractivity contribution is 5.43. The van der Waals surface area contributed by atoms with Crippen LogP contribution in [0, 0.1) is 0 Å². The van der Waals surface area contributed by atoms with Gasteiger partial charge in [0.05, 0.1) is 18.9 Å². The number of nitrogens with zero attached hydrogens (tertiary/aromatic N) is 8. The van der Waals surface area contributed by atoms with Crippen molar-refractivity contribution in [3.05, 3.63) is 24.7 Å². The third-order valence-electron chi connectivity index (χ3n) is 3.81. The van der Waals surface area contributed by atoms with Gasteiger partial charge in [-0.25, -0.2) is 4.98 Å². The largest absolute Gasteiger partial charge is 0.354 e. The fraction of sp³-hybridized carbons (Fsp3) is 0.571. The molecular formula is C14H22N8. The summed E-state index contributed by atoms with van der Waals surface area (Å²) in [7, 11) is 3.92. The molecule has 0 radical (unpaired) electrons. The molecule has 3 rings (SSSR count). The first-order valence-corrected chi connectivity index (χ1v) is 7.54. The number of piperazine rings is 1. The van der Waals surface area contributed by atoms with E-state index in [4.69, 9.17) is 0 Å². The highest BCUT2D eigenvalue weighted by Gasteiger charge is 2.18. The highest BCUT2D eigenvalue weighted by Crippen LogP contribution is 2.15. The molecule has 1 saturated heterocycles. The second-order valence-corrected chi connectivity index (χ2v) is 5.56. The van der Waals surface area contributed by atoms with Crippen molar-refractivity contribution in [2.24, 2.45) is 0 Å². The van der Waals surface area contributed by atoms with Gasteiger partial charge in [0.2, 0.25) is 5.95 Å². The Bertz CT molecular complexity index is 574. The number of hydrogen-bond acceptors (Lipinski definition) is 7. The zero-order chi connectivity index (χ0) is 15.4. The Morgan fingerprint density at radius 2 is 1.73 bits per heavy atom. The van der Waals surface area contributed by atoms with Crippen molar-refractivity contribution in [2.45, 2.75) is 6.54 Å². The summed E-state index contributed by atoms with van der Waals surface area (Å²) in [4.78, 5) is 17.3. The Morgan fingerprint density at radius 1 is 1.00 bits per heavy atom. The molecular weight excluding hydrogens is 280 g/mol. The van der Waals surface area contributed by atoms with Crippen LogP contribution in [0.15, 0.2) is 24.7 Å². The molecule has 1 fully saturated rings. The van der Waals surface area contributed by atoms with Crippen LogP contribution >= 0.6 is 0 Å². The summed E-state index contributed by atoms with van der Waals surface area (Å²) in [6, 6.07) is 1.98. The SMILES string of the molecule is CN(C)c1nccc(N2CCN(CCn3nccn3)CC2)n1. The number of hydrogen-bond donors (Lipinski definition) is 0. The Hall–Kier alpha value is -2.22. The Balaban J connectivity index is 1.52. The Kier molecular flexibility index (Phi) is 4.47. The average molecular weight is 302 g/mol. The first-order valence-electron chi connectivity index (χ1n) is 7.54. The van der Waals surface area contributed by atoms with E-state index in [-0.39, 0.29) is 0 Å². The molecule has 3 heterocycles. The first-order chi connectivity index (χ1) is 10.7. The molecule has 0 spiro atoms. The molecule has 1 aliphatic heterocycles. The molecule has 0 saturated carbocycles. The van der Waals surface area contributed by atoms with Gasteiger partial charge in [-0.15, -0.1) is 0 Å². The van der Waals surface area contributed by atoms with E-state index in [0.717, 1.165) is 51.0 Å². The van der Waals surface area contributed by atoms with Crippen LogP contribution in [0.25, 0.3) is 0 Å². The van der Waals surface area contributed by atoms with Crippen LogP contribution in [0.1, 0.15) is 0 Å². The highest BCUT2D eigenvalue weighted by atomic mass is 15.5. The van der Waals surface area contributed by atoms with E-state index in [1.807, 2.05) is 31.3 Å². The monoisotopic (exact) mass is 302 g/mol. The minimum Gasteiger partial charge on any atom is -0.354 e. The fourth-order valence-corrected chi connectivity index (χ4v) is 2.52. The van der Waals surface area contributed by atoms with E-state index < -0.39 is 0 Å². The Labute approximate surface area is 130 Å². The fourth-order valence-electron chi connectivity index (χ4n) is 2.52. The molecule has 0 amide bonds. The van der Waals surface area contributed by atoms with Crippen molar-refractivity contribution in [1.82, 2.24) is 29.9 Å². The summed E-state index contributed by atoms with van der Waals surface area (Å²) in [6.45, 7) is 5.85. The quantitative estimate of drug-likeness (QED) is 0.767. The average Bonchev–Trinajstić information content (AvgIpc) is 3.07. The van der Waals surface area contributed by atoms with Gasteiger partial charge in [0.25, 0.3) is 0 Å². The van der Waals surface area contributed by atoms with Crippen molar-refractivity contribution < 1.29 is 0 Å². The summed E-state index contributed by atoms with van der Waals surface area (Å²) in [5.41, 5.74) is 0. The summed E-state index contributed by atoms with van der Waals surface area (Å²) in [5.74, 6) is 1.76. The lowest BCUT2D eigenvalue weighted by atomic mass is 10.3. The van der Waals surface area contributed by atoms with E-state index >= 15 is 0 Å². The van der Waals surface area contributed by atoms with Crippen LogP contribution in [0.5, 0.6) is 0 Å². The van der Waals surface area contributed by atoms with E-state index in [0.29, 0.717) is 0 Å². The number of aromatic nitrogens is 5.